The van der Waals surface area contributed by atoms with Gasteiger partial charge in [0.1, 0.15) is 5.02 Å². The molecule has 2 atom stereocenters. The molecule has 0 radical (unpaired) electrons. The number of thiazole rings is 1. The molecule has 0 saturated heterocycles. The van der Waals surface area contributed by atoms with Crippen LogP contribution in [-0.2, 0) is 0 Å². The normalized spacial score (nSPS) is 18.7. The van der Waals surface area contributed by atoms with Gasteiger partial charge in [-0.2, -0.15) is 0 Å². The van der Waals surface area contributed by atoms with E-state index in [9.17, 15) is 4.79 Å². The van der Waals surface area contributed by atoms with Gasteiger partial charge in [0.25, 0.3) is 5.56 Å². The van der Waals surface area contributed by atoms with Gasteiger partial charge in [-0.3, -0.25) is 9.78 Å². The van der Waals surface area contributed by atoms with Crippen LogP contribution in [0, 0.1) is 0 Å². The minimum absolute atomic E-state index is 0.167. The molecule has 0 bridgehead atoms. The van der Waals surface area contributed by atoms with Crippen LogP contribution in [-0.4, -0.2) is 14.4 Å². The Kier molecular flexibility index (Phi) is 4.04. The summed E-state index contributed by atoms with van der Waals surface area (Å²) in [6, 6.07) is 11.4. The van der Waals surface area contributed by atoms with E-state index in [0.717, 1.165) is 23.2 Å². The van der Waals surface area contributed by atoms with Crippen LogP contribution in [0.1, 0.15) is 29.5 Å². The van der Waals surface area contributed by atoms with E-state index >= 15 is 0 Å². The minimum Gasteiger partial charge on any atom is -0.267 e. The highest BCUT2D eigenvalue weighted by molar-refractivity contribution is 7.15. The van der Waals surface area contributed by atoms with Gasteiger partial charge in [-0.1, -0.05) is 41.4 Å². The lowest BCUT2D eigenvalue weighted by Crippen LogP contribution is -2.17. The predicted molar refractivity (Wildman–Crippen MR) is 109 cm³/mol. The van der Waals surface area contributed by atoms with Crippen LogP contribution in [0.2, 0.25) is 10.0 Å². The summed E-state index contributed by atoms with van der Waals surface area (Å²) in [6.07, 6.45) is 4.56. The monoisotopic (exact) mass is 413 g/mol. The van der Waals surface area contributed by atoms with Gasteiger partial charge in [0.2, 0.25) is 0 Å². The number of hydrogen-bond donors (Lipinski definition) is 0. The first-order chi connectivity index (χ1) is 13.1. The summed E-state index contributed by atoms with van der Waals surface area (Å²) in [6.45, 7) is 0. The molecule has 0 N–H and O–H groups in total. The molecule has 4 aromatic rings. The van der Waals surface area contributed by atoms with Crippen LogP contribution in [0.15, 0.2) is 59.0 Å². The minimum atomic E-state index is -0.222. The average molecular weight is 414 g/mol. The lowest BCUT2D eigenvalue weighted by Gasteiger charge is -2.06. The topological polar surface area (TPSA) is 47.3 Å². The van der Waals surface area contributed by atoms with Crippen molar-refractivity contribution in [1.82, 2.24) is 14.4 Å². The number of rotatable bonds is 3. The third-order valence-electron chi connectivity index (χ3n) is 4.93. The molecule has 1 aromatic carbocycles. The quantitative estimate of drug-likeness (QED) is 0.451. The fourth-order valence-corrected chi connectivity index (χ4v) is 4.76. The molecule has 1 fully saturated rings. The molecule has 1 aliphatic rings. The molecule has 7 heteroatoms. The van der Waals surface area contributed by atoms with Crippen LogP contribution in [0.3, 0.4) is 0 Å². The molecule has 27 heavy (non-hydrogen) atoms. The second-order valence-corrected chi connectivity index (χ2v) is 8.25. The van der Waals surface area contributed by atoms with Crippen molar-refractivity contribution in [2.24, 2.45) is 0 Å². The molecule has 2 unspecified atom stereocenters. The molecule has 0 aliphatic heterocycles. The Morgan fingerprint density at radius 1 is 1.11 bits per heavy atom. The van der Waals surface area contributed by atoms with Crippen molar-refractivity contribution in [3.63, 3.8) is 0 Å². The van der Waals surface area contributed by atoms with Crippen molar-refractivity contribution in [2.45, 2.75) is 18.3 Å². The number of hydrogen-bond acceptors (Lipinski definition) is 4. The van der Waals surface area contributed by atoms with Gasteiger partial charge in [-0.05, 0) is 41.7 Å². The zero-order chi connectivity index (χ0) is 18.5. The number of benzene rings is 1. The Labute approximate surface area is 169 Å². The van der Waals surface area contributed by atoms with Crippen LogP contribution in [0.25, 0.3) is 16.2 Å². The van der Waals surface area contributed by atoms with Crippen molar-refractivity contribution >= 4 is 39.5 Å². The second-order valence-electron chi connectivity index (χ2n) is 6.60. The summed E-state index contributed by atoms with van der Waals surface area (Å²) in [4.78, 5) is 22.6. The van der Waals surface area contributed by atoms with E-state index in [0.29, 0.717) is 21.6 Å². The smallest absolute Gasteiger partial charge is 0.267 e. The lowest BCUT2D eigenvalue weighted by atomic mass is 10.1. The van der Waals surface area contributed by atoms with Gasteiger partial charge >= 0.3 is 0 Å². The van der Waals surface area contributed by atoms with Gasteiger partial charge in [0.15, 0.2) is 4.96 Å². The molecule has 3 aromatic heterocycles. The van der Waals surface area contributed by atoms with Gasteiger partial charge in [0.05, 0.1) is 11.4 Å². The van der Waals surface area contributed by atoms with E-state index in [1.165, 1.54) is 11.3 Å². The van der Waals surface area contributed by atoms with Gasteiger partial charge in [0, 0.05) is 28.7 Å². The van der Waals surface area contributed by atoms with E-state index in [-0.39, 0.29) is 16.5 Å². The van der Waals surface area contributed by atoms with Crippen molar-refractivity contribution in [3.8, 4) is 11.3 Å². The Hall–Kier alpha value is -2.21. The molecule has 5 rings (SSSR count). The highest BCUT2D eigenvalue weighted by Gasteiger charge is 2.43. The number of nitrogens with zero attached hydrogens (tertiary/aromatic N) is 3. The molecule has 4 nitrogen and oxygen atoms in total. The molecule has 0 spiro atoms. The first-order valence-corrected chi connectivity index (χ1v) is 10.1. The lowest BCUT2D eigenvalue weighted by molar-refractivity contribution is 0.938. The Morgan fingerprint density at radius 2 is 1.93 bits per heavy atom. The van der Waals surface area contributed by atoms with Gasteiger partial charge in [-0.25, -0.2) is 9.38 Å². The zero-order valence-electron chi connectivity index (χ0n) is 14.0. The third kappa shape index (κ3) is 2.87. The molecule has 1 aliphatic carbocycles. The summed E-state index contributed by atoms with van der Waals surface area (Å²) in [5.74, 6) is 0.488. The SMILES string of the molecule is O=c1c(Cl)c(C2CC2c2cccnc2)nc2scc(-c3ccc(Cl)cc3)n12. The Morgan fingerprint density at radius 3 is 2.67 bits per heavy atom. The summed E-state index contributed by atoms with van der Waals surface area (Å²) in [5, 5.41) is 2.79. The number of halogens is 2. The largest absolute Gasteiger partial charge is 0.278 e. The fourth-order valence-electron chi connectivity index (χ4n) is 3.47. The highest BCUT2D eigenvalue weighted by Crippen LogP contribution is 2.55. The highest BCUT2D eigenvalue weighted by atomic mass is 35.5. The van der Waals surface area contributed by atoms with E-state index in [1.807, 2.05) is 29.8 Å². The van der Waals surface area contributed by atoms with Crippen LogP contribution in [0.4, 0.5) is 0 Å². The van der Waals surface area contributed by atoms with Crippen LogP contribution >= 0.6 is 34.5 Å². The fraction of sp³-hybridized carbons (Fsp3) is 0.150. The standard InChI is InChI=1S/C20H13Cl2N3OS/c21-13-5-3-11(4-6-13)16-10-27-20-24-18(17(22)19(26)25(16)20)15-8-14(15)12-2-1-7-23-9-12/h1-7,9-10,14-15H,8H2. The van der Waals surface area contributed by atoms with Crippen molar-refractivity contribution in [3.05, 3.63) is 85.8 Å². The number of fused-ring (bicyclic) bond motifs is 1. The van der Waals surface area contributed by atoms with Crippen molar-refractivity contribution < 1.29 is 0 Å². The Bertz CT molecular complexity index is 1200. The Balaban J connectivity index is 1.59. The van der Waals surface area contributed by atoms with E-state index in [1.54, 1.807) is 22.7 Å². The maximum Gasteiger partial charge on any atom is 0.278 e. The molecular weight excluding hydrogens is 401 g/mol. The van der Waals surface area contributed by atoms with Gasteiger partial charge < -0.3 is 0 Å². The van der Waals surface area contributed by atoms with Gasteiger partial charge in [-0.15, -0.1) is 11.3 Å². The predicted octanol–water partition coefficient (Wildman–Crippen LogP) is 5.40. The summed E-state index contributed by atoms with van der Waals surface area (Å²) in [7, 11) is 0. The zero-order valence-corrected chi connectivity index (χ0v) is 16.3. The number of pyridine rings is 1. The maximum absolute atomic E-state index is 13.0. The van der Waals surface area contributed by atoms with Crippen LogP contribution in [0.5, 0.6) is 0 Å². The second kappa shape index (κ2) is 6.44. The van der Waals surface area contributed by atoms with Crippen molar-refractivity contribution in [2.75, 3.05) is 0 Å². The molecule has 0 amide bonds. The molecular formula is C20H13Cl2N3OS. The van der Waals surface area contributed by atoms with Crippen LogP contribution < -0.4 is 5.56 Å². The first kappa shape index (κ1) is 16.9. The first-order valence-electron chi connectivity index (χ1n) is 8.49. The average Bonchev–Trinajstić information content (AvgIpc) is 3.38. The number of aromatic nitrogens is 3. The van der Waals surface area contributed by atoms with E-state index in [4.69, 9.17) is 28.2 Å². The van der Waals surface area contributed by atoms with E-state index < -0.39 is 0 Å². The van der Waals surface area contributed by atoms with Crippen molar-refractivity contribution in [1.29, 1.82) is 0 Å². The molecule has 3 heterocycles. The summed E-state index contributed by atoms with van der Waals surface area (Å²) >= 11 is 13.9. The summed E-state index contributed by atoms with van der Waals surface area (Å²) < 4.78 is 1.58. The maximum atomic E-state index is 13.0. The summed E-state index contributed by atoms with van der Waals surface area (Å²) in [5.41, 5.74) is 3.31. The van der Waals surface area contributed by atoms with E-state index in [2.05, 4.69) is 11.1 Å². The molecule has 134 valence electrons. The third-order valence-corrected chi connectivity index (χ3v) is 6.37. The molecule has 1 saturated carbocycles.